The lowest BCUT2D eigenvalue weighted by molar-refractivity contribution is 0.0258. The van der Waals surface area contributed by atoms with Crippen LogP contribution < -0.4 is 0 Å². The van der Waals surface area contributed by atoms with Gasteiger partial charge in [0.2, 0.25) is 0 Å². The zero-order chi connectivity index (χ0) is 16.0. The molecule has 1 aliphatic carbocycles. The van der Waals surface area contributed by atoms with Crippen molar-refractivity contribution >= 4 is 0 Å². The monoisotopic (exact) mass is 307 g/mol. The maximum atomic E-state index is 9.92. The van der Waals surface area contributed by atoms with Crippen LogP contribution in [0, 0.1) is 5.92 Å². The highest BCUT2D eigenvalue weighted by molar-refractivity contribution is 5.44. The summed E-state index contributed by atoms with van der Waals surface area (Å²) in [5.74, 6) is 1.01. The molecule has 0 unspecified atom stereocenters. The maximum absolute atomic E-state index is 9.92. The van der Waals surface area contributed by atoms with Gasteiger partial charge in [-0.2, -0.15) is 0 Å². The molecule has 3 atom stereocenters. The van der Waals surface area contributed by atoms with Gasteiger partial charge >= 0.3 is 0 Å². The van der Waals surface area contributed by atoms with Crippen molar-refractivity contribution in [2.45, 2.75) is 44.7 Å². The fourth-order valence-corrected chi connectivity index (χ4v) is 4.71. The minimum atomic E-state index is 0.185. The SMILES string of the molecule is C[C@H]1[C@H]2Cc3ccc(O)cc3[C@@]1(C)CCN2Cc1ccccc1. The van der Waals surface area contributed by atoms with Gasteiger partial charge in [-0.05, 0) is 59.5 Å². The first kappa shape index (κ1) is 14.8. The smallest absolute Gasteiger partial charge is 0.115 e. The van der Waals surface area contributed by atoms with E-state index in [-0.39, 0.29) is 5.41 Å². The molecule has 2 heteroatoms. The normalized spacial score (nSPS) is 30.0. The molecule has 0 radical (unpaired) electrons. The molecule has 1 fully saturated rings. The van der Waals surface area contributed by atoms with Crippen LogP contribution in [-0.4, -0.2) is 22.6 Å². The van der Waals surface area contributed by atoms with Gasteiger partial charge in [-0.3, -0.25) is 4.90 Å². The van der Waals surface area contributed by atoms with E-state index in [9.17, 15) is 5.11 Å². The second-order valence-corrected chi connectivity index (χ2v) is 7.53. The zero-order valence-corrected chi connectivity index (χ0v) is 14.0. The van der Waals surface area contributed by atoms with Crippen LogP contribution in [0.15, 0.2) is 48.5 Å². The topological polar surface area (TPSA) is 23.5 Å². The van der Waals surface area contributed by atoms with Crippen LogP contribution in [0.25, 0.3) is 0 Å². The Balaban J connectivity index is 1.67. The third kappa shape index (κ3) is 2.36. The molecule has 0 aromatic heterocycles. The van der Waals surface area contributed by atoms with E-state index in [1.807, 2.05) is 12.1 Å². The van der Waals surface area contributed by atoms with Crippen molar-refractivity contribution in [3.05, 3.63) is 65.2 Å². The summed E-state index contributed by atoms with van der Waals surface area (Å²) in [4.78, 5) is 2.66. The van der Waals surface area contributed by atoms with Crippen molar-refractivity contribution in [3.63, 3.8) is 0 Å². The van der Waals surface area contributed by atoms with Gasteiger partial charge in [0.15, 0.2) is 0 Å². The summed E-state index contributed by atoms with van der Waals surface area (Å²) in [6, 6.07) is 17.4. The van der Waals surface area contributed by atoms with Crippen LogP contribution >= 0.6 is 0 Å². The molecule has 2 aliphatic rings. The van der Waals surface area contributed by atoms with Crippen molar-refractivity contribution in [3.8, 4) is 5.75 Å². The van der Waals surface area contributed by atoms with E-state index in [1.54, 1.807) is 0 Å². The Bertz CT molecular complexity index is 711. The summed E-state index contributed by atoms with van der Waals surface area (Å²) >= 11 is 0. The predicted octanol–water partition coefficient (Wildman–Crippen LogP) is 4.12. The number of phenolic OH excluding ortho intramolecular Hbond substituents is 1. The maximum Gasteiger partial charge on any atom is 0.115 e. The van der Waals surface area contributed by atoms with Gasteiger partial charge < -0.3 is 5.11 Å². The first-order valence-electron chi connectivity index (χ1n) is 8.68. The molecule has 2 aromatic rings. The fraction of sp³-hybridized carbons (Fsp3) is 0.429. The molecule has 120 valence electrons. The van der Waals surface area contributed by atoms with Gasteiger partial charge in [0, 0.05) is 12.6 Å². The van der Waals surface area contributed by atoms with Gasteiger partial charge in [0.05, 0.1) is 0 Å². The lowest BCUT2D eigenvalue weighted by atomic mass is 9.59. The van der Waals surface area contributed by atoms with Gasteiger partial charge in [-0.25, -0.2) is 0 Å². The number of benzene rings is 2. The van der Waals surface area contributed by atoms with Crippen LogP contribution in [0.4, 0.5) is 0 Å². The van der Waals surface area contributed by atoms with Gasteiger partial charge in [0.1, 0.15) is 5.75 Å². The van der Waals surface area contributed by atoms with Crippen molar-refractivity contribution in [1.29, 1.82) is 0 Å². The molecule has 23 heavy (non-hydrogen) atoms. The van der Waals surface area contributed by atoms with E-state index in [1.165, 1.54) is 16.7 Å². The number of phenols is 1. The number of aromatic hydroxyl groups is 1. The highest BCUT2D eigenvalue weighted by Gasteiger charge is 2.48. The lowest BCUT2D eigenvalue weighted by Gasteiger charge is -2.54. The largest absolute Gasteiger partial charge is 0.508 e. The summed E-state index contributed by atoms with van der Waals surface area (Å²) in [6.07, 6.45) is 2.26. The molecule has 1 heterocycles. The third-order valence-corrected chi connectivity index (χ3v) is 6.34. The number of nitrogens with zero attached hydrogens (tertiary/aromatic N) is 1. The van der Waals surface area contributed by atoms with E-state index in [0.29, 0.717) is 17.7 Å². The molecule has 2 nitrogen and oxygen atoms in total. The second kappa shape index (κ2) is 5.38. The predicted molar refractivity (Wildman–Crippen MR) is 93.6 cm³/mol. The number of rotatable bonds is 2. The number of hydrogen-bond acceptors (Lipinski definition) is 2. The van der Waals surface area contributed by atoms with E-state index in [0.717, 1.165) is 25.9 Å². The summed E-state index contributed by atoms with van der Waals surface area (Å²) in [7, 11) is 0. The van der Waals surface area contributed by atoms with Crippen LogP contribution in [0.1, 0.15) is 37.0 Å². The third-order valence-electron chi connectivity index (χ3n) is 6.34. The van der Waals surface area contributed by atoms with Crippen molar-refractivity contribution in [2.75, 3.05) is 6.54 Å². The van der Waals surface area contributed by atoms with E-state index in [2.05, 4.69) is 55.1 Å². The number of likely N-dealkylation sites (tertiary alicyclic amines) is 1. The molecule has 1 N–H and O–H groups in total. The zero-order valence-electron chi connectivity index (χ0n) is 14.0. The van der Waals surface area contributed by atoms with Crippen LogP contribution in [0.2, 0.25) is 0 Å². The Hall–Kier alpha value is -1.80. The highest BCUT2D eigenvalue weighted by Crippen LogP contribution is 2.49. The Morgan fingerprint density at radius 2 is 1.96 bits per heavy atom. The quantitative estimate of drug-likeness (QED) is 0.902. The Morgan fingerprint density at radius 3 is 2.74 bits per heavy atom. The molecule has 1 saturated heterocycles. The van der Waals surface area contributed by atoms with Crippen LogP contribution in [0.3, 0.4) is 0 Å². The average Bonchev–Trinajstić information content (AvgIpc) is 2.55. The average molecular weight is 307 g/mol. The molecule has 4 rings (SSSR count). The molecular formula is C21H25NO. The van der Waals surface area contributed by atoms with E-state index < -0.39 is 0 Å². The summed E-state index contributed by atoms with van der Waals surface area (Å²) in [5.41, 5.74) is 4.39. The van der Waals surface area contributed by atoms with Crippen molar-refractivity contribution < 1.29 is 5.11 Å². The van der Waals surface area contributed by atoms with E-state index >= 15 is 0 Å². The standard InChI is InChI=1S/C21H25NO/c1-15-20-12-17-8-9-18(23)13-19(17)21(15,2)10-11-22(20)14-16-6-4-3-5-7-16/h3-9,13,15,20,23H,10-12,14H2,1-2H3/t15-,20+,21-/m0/s1. The minimum absolute atomic E-state index is 0.185. The number of piperidine rings is 1. The first-order chi connectivity index (χ1) is 11.1. The van der Waals surface area contributed by atoms with Gasteiger partial charge in [-0.1, -0.05) is 50.2 Å². The number of fused-ring (bicyclic) bond motifs is 4. The Labute approximate surface area is 138 Å². The molecular weight excluding hydrogens is 282 g/mol. The van der Waals surface area contributed by atoms with Gasteiger partial charge in [0.25, 0.3) is 0 Å². The summed E-state index contributed by atoms with van der Waals surface area (Å²) < 4.78 is 0. The fourth-order valence-electron chi connectivity index (χ4n) is 4.71. The van der Waals surface area contributed by atoms with Crippen LogP contribution in [-0.2, 0) is 18.4 Å². The second-order valence-electron chi connectivity index (χ2n) is 7.53. The molecule has 0 amide bonds. The minimum Gasteiger partial charge on any atom is -0.508 e. The molecule has 2 aromatic carbocycles. The Kier molecular flexibility index (Phi) is 3.46. The van der Waals surface area contributed by atoms with Crippen molar-refractivity contribution in [1.82, 2.24) is 4.90 Å². The van der Waals surface area contributed by atoms with Gasteiger partial charge in [-0.15, -0.1) is 0 Å². The summed E-state index contributed by atoms with van der Waals surface area (Å²) in [6.45, 7) is 6.96. The van der Waals surface area contributed by atoms with E-state index in [4.69, 9.17) is 0 Å². The summed E-state index contributed by atoms with van der Waals surface area (Å²) in [5, 5.41) is 9.92. The van der Waals surface area contributed by atoms with Crippen molar-refractivity contribution in [2.24, 2.45) is 5.92 Å². The molecule has 0 spiro atoms. The van der Waals surface area contributed by atoms with Crippen LogP contribution in [0.5, 0.6) is 5.75 Å². The highest BCUT2D eigenvalue weighted by atomic mass is 16.3. The molecule has 2 bridgehead atoms. The Morgan fingerprint density at radius 1 is 1.17 bits per heavy atom. The molecule has 1 aliphatic heterocycles. The first-order valence-corrected chi connectivity index (χ1v) is 8.68. The molecule has 0 saturated carbocycles. The lowest BCUT2D eigenvalue weighted by Crippen LogP contribution is -2.57. The number of hydrogen-bond donors (Lipinski definition) is 1.